The van der Waals surface area contributed by atoms with Crippen LogP contribution in [0.2, 0.25) is 0 Å². The maximum absolute atomic E-state index is 14.3. The SMILES string of the molecule is O=C(COc1ccccc1Cc1ccccc1)NCc1ccc(-n2ccnc2)c(F)c1. The standard InChI is InChI=1S/C25H22FN3O2/c26-22-15-20(10-11-23(22)29-13-12-27-18-29)16-28-25(30)17-31-24-9-5-4-8-21(24)14-19-6-2-1-3-7-19/h1-13,15,18H,14,16-17H2,(H,28,30). The first-order valence-electron chi connectivity index (χ1n) is 9.97. The summed E-state index contributed by atoms with van der Waals surface area (Å²) in [5.41, 5.74) is 3.26. The molecule has 3 aromatic carbocycles. The van der Waals surface area contributed by atoms with Crippen LogP contribution in [-0.2, 0) is 17.8 Å². The number of ether oxygens (including phenoxy) is 1. The highest BCUT2D eigenvalue weighted by atomic mass is 19.1. The summed E-state index contributed by atoms with van der Waals surface area (Å²) in [6, 6.07) is 22.6. The molecular weight excluding hydrogens is 393 g/mol. The average molecular weight is 415 g/mol. The van der Waals surface area contributed by atoms with E-state index in [1.54, 1.807) is 29.1 Å². The molecule has 0 aliphatic rings. The largest absolute Gasteiger partial charge is 0.483 e. The van der Waals surface area contributed by atoms with Crippen LogP contribution in [0.25, 0.3) is 5.69 Å². The zero-order valence-corrected chi connectivity index (χ0v) is 16.9. The second kappa shape index (κ2) is 9.71. The zero-order chi connectivity index (χ0) is 21.5. The van der Waals surface area contributed by atoms with Gasteiger partial charge in [0.1, 0.15) is 11.6 Å². The molecule has 1 amide bonds. The van der Waals surface area contributed by atoms with E-state index >= 15 is 0 Å². The van der Waals surface area contributed by atoms with Gasteiger partial charge in [-0.1, -0.05) is 54.6 Å². The number of aromatic nitrogens is 2. The molecule has 0 bridgehead atoms. The van der Waals surface area contributed by atoms with Crippen LogP contribution in [0.15, 0.2) is 91.5 Å². The first-order valence-corrected chi connectivity index (χ1v) is 9.97. The number of carbonyl (C=O) groups is 1. The number of para-hydroxylation sites is 1. The Kier molecular flexibility index (Phi) is 6.38. The predicted octanol–water partition coefficient (Wildman–Crippen LogP) is 4.30. The summed E-state index contributed by atoms with van der Waals surface area (Å²) in [5.74, 6) is 0.0293. The molecule has 156 valence electrons. The fourth-order valence-corrected chi connectivity index (χ4v) is 3.27. The van der Waals surface area contributed by atoms with Gasteiger partial charge in [0.2, 0.25) is 0 Å². The van der Waals surface area contributed by atoms with Crippen LogP contribution in [0.4, 0.5) is 4.39 Å². The van der Waals surface area contributed by atoms with E-state index in [9.17, 15) is 9.18 Å². The number of amides is 1. The van der Waals surface area contributed by atoms with Gasteiger partial charge in [-0.15, -0.1) is 0 Å². The van der Waals surface area contributed by atoms with Crippen molar-refractivity contribution in [3.8, 4) is 11.4 Å². The van der Waals surface area contributed by atoms with Crippen LogP contribution in [0, 0.1) is 5.82 Å². The van der Waals surface area contributed by atoms with Gasteiger partial charge >= 0.3 is 0 Å². The van der Waals surface area contributed by atoms with Gasteiger partial charge in [-0.25, -0.2) is 9.37 Å². The molecule has 0 fully saturated rings. The Balaban J connectivity index is 1.32. The number of imidazole rings is 1. The number of hydrogen-bond donors (Lipinski definition) is 1. The highest BCUT2D eigenvalue weighted by molar-refractivity contribution is 5.77. The van der Waals surface area contributed by atoms with Crippen molar-refractivity contribution < 1.29 is 13.9 Å². The highest BCUT2D eigenvalue weighted by Gasteiger charge is 2.09. The average Bonchev–Trinajstić information content (AvgIpc) is 3.32. The van der Waals surface area contributed by atoms with Gasteiger partial charge in [-0.05, 0) is 34.9 Å². The molecule has 0 aliphatic heterocycles. The minimum atomic E-state index is -0.379. The summed E-state index contributed by atoms with van der Waals surface area (Å²) in [5, 5.41) is 2.77. The Morgan fingerprint density at radius 1 is 1.00 bits per heavy atom. The molecule has 31 heavy (non-hydrogen) atoms. The lowest BCUT2D eigenvalue weighted by Crippen LogP contribution is -2.28. The molecule has 0 aliphatic carbocycles. The van der Waals surface area contributed by atoms with E-state index in [0.717, 1.165) is 12.0 Å². The fourth-order valence-electron chi connectivity index (χ4n) is 3.27. The summed E-state index contributed by atoms with van der Waals surface area (Å²) in [7, 11) is 0. The lowest BCUT2D eigenvalue weighted by atomic mass is 10.0. The van der Waals surface area contributed by atoms with Crippen molar-refractivity contribution in [3.05, 3.63) is 114 Å². The third-order valence-corrected chi connectivity index (χ3v) is 4.85. The number of nitrogens with zero attached hydrogens (tertiary/aromatic N) is 2. The van der Waals surface area contributed by atoms with Crippen LogP contribution in [-0.4, -0.2) is 22.1 Å². The Bertz CT molecular complexity index is 1140. The van der Waals surface area contributed by atoms with Crippen molar-refractivity contribution in [2.45, 2.75) is 13.0 Å². The quantitative estimate of drug-likeness (QED) is 0.467. The monoisotopic (exact) mass is 415 g/mol. The summed E-state index contributed by atoms with van der Waals surface area (Å²) in [4.78, 5) is 16.2. The van der Waals surface area contributed by atoms with Crippen LogP contribution in [0.5, 0.6) is 5.75 Å². The van der Waals surface area contributed by atoms with E-state index in [4.69, 9.17) is 4.74 Å². The Labute approximate surface area is 180 Å². The fraction of sp³-hybridized carbons (Fsp3) is 0.120. The van der Waals surface area contributed by atoms with Crippen molar-refractivity contribution in [3.63, 3.8) is 0 Å². The van der Waals surface area contributed by atoms with Gasteiger partial charge in [0.15, 0.2) is 6.61 Å². The Hall–Kier alpha value is -3.93. The van der Waals surface area contributed by atoms with Gasteiger partial charge in [-0.3, -0.25) is 4.79 Å². The van der Waals surface area contributed by atoms with Crippen LogP contribution in [0.1, 0.15) is 16.7 Å². The number of nitrogens with one attached hydrogen (secondary N) is 1. The number of rotatable bonds is 8. The van der Waals surface area contributed by atoms with Crippen molar-refractivity contribution in [2.24, 2.45) is 0 Å². The first kappa shape index (κ1) is 20.3. The summed E-state index contributed by atoms with van der Waals surface area (Å²) >= 11 is 0. The zero-order valence-electron chi connectivity index (χ0n) is 16.9. The highest BCUT2D eigenvalue weighted by Crippen LogP contribution is 2.21. The molecule has 1 heterocycles. The minimum Gasteiger partial charge on any atom is -0.483 e. The number of carbonyl (C=O) groups excluding carboxylic acids is 1. The summed E-state index contributed by atoms with van der Waals surface area (Å²) in [6.45, 7) is 0.108. The smallest absolute Gasteiger partial charge is 0.258 e. The molecular formula is C25H22FN3O2. The van der Waals surface area contributed by atoms with E-state index in [1.807, 2.05) is 42.5 Å². The second-order valence-corrected chi connectivity index (χ2v) is 7.09. The molecule has 1 N–H and O–H groups in total. The first-order chi connectivity index (χ1) is 15.2. The molecule has 4 rings (SSSR count). The molecule has 0 saturated heterocycles. The molecule has 6 heteroatoms. The van der Waals surface area contributed by atoms with Gasteiger partial charge in [0.05, 0.1) is 12.0 Å². The van der Waals surface area contributed by atoms with Gasteiger partial charge in [0, 0.05) is 25.4 Å². The van der Waals surface area contributed by atoms with E-state index in [1.165, 1.54) is 18.0 Å². The summed E-state index contributed by atoms with van der Waals surface area (Å²) in [6.07, 6.45) is 5.52. The van der Waals surface area contributed by atoms with E-state index < -0.39 is 0 Å². The van der Waals surface area contributed by atoms with E-state index in [0.29, 0.717) is 17.0 Å². The molecule has 0 unspecified atom stereocenters. The molecule has 5 nitrogen and oxygen atoms in total. The Morgan fingerprint density at radius 3 is 2.58 bits per heavy atom. The van der Waals surface area contributed by atoms with Crippen molar-refractivity contribution >= 4 is 5.91 Å². The van der Waals surface area contributed by atoms with Crippen LogP contribution >= 0.6 is 0 Å². The van der Waals surface area contributed by atoms with Crippen molar-refractivity contribution in [2.75, 3.05) is 6.61 Å². The Morgan fingerprint density at radius 2 is 1.81 bits per heavy atom. The molecule has 0 spiro atoms. The maximum atomic E-state index is 14.3. The van der Waals surface area contributed by atoms with Gasteiger partial charge in [-0.2, -0.15) is 0 Å². The third-order valence-electron chi connectivity index (χ3n) is 4.85. The number of benzene rings is 3. The van der Waals surface area contributed by atoms with Gasteiger partial charge in [0.25, 0.3) is 5.91 Å². The van der Waals surface area contributed by atoms with E-state index in [2.05, 4.69) is 22.4 Å². The van der Waals surface area contributed by atoms with Gasteiger partial charge < -0.3 is 14.6 Å². The number of halogens is 1. The summed E-state index contributed by atoms with van der Waals surface area (Å²) < 4.78 is 21.7. The maximum Gasteiger partial charge on any atom is 0.258 e. The third kappa shape index (κ3) is 5.36. The van der Waals surface area contributed by atoms with Crippen molar-refractivity contribution in [1.29, 1.82) is 0 Å². The molecule has 0 saturated carbocycles. The number of hydrogen-bond acceptors (Lipinski definition) is 3. The minimum absolute atomic E-state index is 0.110. The topological polar surface area (TPSA) is 56.1 Å². The molecule has 4 aromatic rings. The van der Waals surface area contributed by atoms with Crippen LogP contribution < -0.4 is 10.1 Å². The lowest BCUT2D eigenvalue weighted by molar-refractivity contribution is -0.123. The molecule has 0 radical (unpaired) electrons. The second-order valence-electron chi connectivity index (χ2n) is 7.09. The lowest BCUT2D eigenvalue weighted by Gasteiger charge is -2.12. The predicted molar refractivity (Wildman–Crippen MR) is 117 cm³/mol. The molecule has 1 aromatic heterocycles. The molecule has 0 atom stereocenters. The normalized spacial score (nSPS) is 10.6. The van der Waals surface area contributed by atoms with E-state index in [-0.39, 0.29) is 24.9 Å². The van der Waals surface area contributed by atoms with Crippen LogP contribution in [0.3, 0.4) is 0 Å². The van der Waals surface area contributed by atoms with Crippen molar-refractivity contribution in [1.82, 2.24) is 14.9 Å².